The second-order valence-electron chi connectivity index (χ2n) is 8.88. The SMILES string of the molecule is CCOC(=O)c1cn(-c2ccccc2)nc1N(C(=O)[C@H]1CC[C@H](C)CC1)C1CCOCC1. The van der Waals surface area contributed by atoms with E-state index >= 15 is 0 Å². The number of esters is 1. The van der Waals surface area contributed by atoms with Gasteiger partial charge in [0.2, 0.25) is 5.91 Å². The number of aromatic nitrogens is 2. The lowest BCUT2D eigenvalue weighted by Crippen LogP contribution is -2.47. The van der Waals surface area contributed by atoms with E-state index in [0.717, 1.165) is 44.2 Å². The summed E-state index contributed by atoms with van der Waals surface area (Å²) < 4.78 is 12.6. The highest BCUT2D eigenvalue weighted by Crippen LogP contribution is 2.34. The van der Waals surface area contributed by atoms with E-state index in [9.17, 15) is 9.59 Å². The van der Waals surface area contributed by atoms with Gasteiger partial charge in [-0.2, -0.15) is 0 Å². The summed E-state index contributed by atoms with van der Waals surface area (Å²) in [4.78, 5) is 28.6. The Labute approximate surface area is 189 Å². The predicted molar refractivity (Wildman–Crippen MR) is 122 cm³/mol. The van der Waals surface area contributed by atoms with Crippen molar-refractivity contribution in [1.82, 2.24) is 9.78 Å². The zero-order valence-corrected chi connectivity index (χ0v) is 19.0. The topological polar surface area (TPSA) is 73.7 Å². The Balaban J connectivity index is 1.75. The number of hydrogen-bond donors (Lipinski definition) is 0. The van der Waals surface area contributed by atoms with E-state index in [1.54, 1.807) is 22.7 Å². The van der Waals surface area contributed by atoms with Crippen molar-refractivity contribution in [2.75, 3.05) is 24.7 Å². The van der Waals surface area contributed by atoms with E-state index < -0.39 is 5.97 Å². The Bertz CT molecular complexity index is 913. The number of hydrogen-bond acceptors (Lipinski definition) is 5. The molecule has 1 aromatic heterocycles. The maximum Gasteiger partial charge on any atom is 0.343 e. The monoisotopic (exact) mass is 439 g/mol. The maximum absolute atomic E-state index is 13.9. The normalized spacial score (nSPS) is 21.8. The number of benzene rings is 1. The van der Waals surface area contributed by atoms with Gasteiger partial charge in [-0.3, -0.25) is 9.69 Å². The van der Waals surface area contributed by atoms with Crippen molar-refractivity contribution in [2.24, 2.45) is 11.8 Å². The number of carbonyl (C=O) groups is 2. The molecular weight excluding hydrogens is 406 g/mol. The summed E-state index contributed by atoms with van der Waals surface area (Å²) in [5.74, 6) is 0.649. The van der Waals surface area contributed by atoms with E-state index in [1.165, 1.54) is 0 Å². The molecule has 1 aliphatic heterocycles. The molecular formula is C25H33N3O4. The Morgan fingerprint density at radius 3 is 2.44 bits per heavy atom. The quantitative estimate of drug-likeness (QED) is 0.624. The summed E-state index contributed by atoms with van der Waals surface area (Å²) >= 11 is 0. The molecule has 2 fully saturated rings. The Kier molecular flexibility index (Phi) is 7.25. The predicted octanol–water partition coefficient (Wildman–Crippen LogP) is 4.39. The van der Waals surface area contributed by atoms with Gasteiger partial charge in [-0.15, -0.1) is 5.10 Å². The molecule has 2 aliphatic rings. The molecule has 0 unspecified atom stereocenters. The molecule has 1 aliphatic carbocycles. The minimum atomic E-state index is -0.452. The van der Waals surface area contributed by atoms with Crippen molar-refractivity contribution in [2.45, 2.75) is 58.4 Å². The summed E-state index contributed by atoms with van der Waals surface area (Å²) in [6, 6.07) is 9.59. The number of anilines is 1. The van der Waals surface area contributed by atoms with Crippen LogP contribution in [0.1, 0.15) is 62.7 Å². The van der Waals surface area contributed by atoms with Crippen molar-refractivity contribution in [3.8, 4) is 5.69 Å². The average molecular weight is 440 g/mol. The summed E-state index contributed by atoms with van der Waals surface area (Å²) in [6.45, 7) is 5.50. The fourth-order valence-corrected chi connectivity index (χ4v) is 4.71. The van der Waals surface area contributed by atoms with E-state index in [-0.39, 0.29) is 24.5 Å². The Morgan fingerprint density at radius 2 is 1.78 bits per heavy atom. The first-order valence-electron chi connectivity index (χ1n) is 11.8. The largest absolute Gasteiger partial charge is 0.462 e. The van der Waals surface area contributed by atoms with Gasteiger partial charge in [-0.05, 0) is 63.5 Å². The van der Waals surface area contributed by atoms with Gasteiger partial charge < -0.3 is 9.47 Å². The molecule has 7 nitrogen and oxygen atoms in total. The summed E-state index contributed by atoms with van der Waals surface area (Å²) in [5, 5.41) is 4.77. The van der Waals surface area contributed by atoms with Crippen molar-refractivity contribution >= 4 is 17.7 Å². The highest BCUT2D eigenvalue weighted by molar-refractivity contribution is 6.02. The van der Waals surface area contributed by atoms with Crippen LogP contribution in [0.4, 0.5) is 5.82 Å². The third kappa shape index (κ3) is 4.88. The molecule has 172 valence electrons. The van der Waals surface area contributed by atoms with E-state index in [2.05, 4.69) is 6.92 Å². The first kappa shape index (κ1) is 22.5. The van der Waals surface area contributed by atoms with Crippen LogP contribution in [-0.2, 0) is 14.3 Å². The van der Waals surface area contributed by atoms with Gasteiger partial charge in [-0.1, -0.05) is 25.1 Å². The van der Waals surface area contributed by atoms with Crippen LogP contribution in [-0.4, -0.2) is 47.5 Å². The van der Waals surface area contributed by atoms with Crippen LogP contribution in [0.15, 0.2) is 36.5 Å². The minimum Gasteiger partial charge on any atom is -0.462 e. The molecule has 4 rings (SSSR count). The third-order valence-electron chi connectivity index (χ3n) is 6.60. The Hall–Kier alpha value is -2.67. The Morgan fingerprint density at radius 1 is 1.09 bits per heavy atom. The zero-order valence-electron chi connectivity index (χ0n) is 19.0. The zero-order chi connectivity index (χ0) is 22.5. The highest BCUT2D eigenvalue weighted by Gasteiger charge is 2.37. The van der Waals surface area contributed by atoms with Crippen molar-refractivity contribution in [3.05, 3.63) is 42.1 Å². The van der Waals surface area contributed by atoms with Gasteiger partial charge in [0.15, 0.2) is 5.82 Å². The molecule has 0 radical (unpaired) electrons. The molecule has 7 heteroatoms. The lowest BCUT2D eigenvalue weighted by Gasteiger charge is -2.37. The fraction of sp³-hybridized carbons (Fsp3) is 0.560. The van der Waals surface area contributed by atoms with Crippen LogP contribution in [0.2, 0.25) is 0 Å². The van der Waals surface area contributed by atoms with Gasteiger partial charge in [0.1, 0.15) is 5.56 Å². The molecule has 2 aromatic rings. The van der Waals surface area contributed by atoms with E-state index in [1.807, 2.05) is 30.3 Å². The maximum atomic E-state index is 13.9. The number of para-hydroxylation sites is 1. The average Bonchev–Trinajstić information content (AvgIpc) is 3.26. The van der Waals surface area contributed by atoms with Crippen LogP contribution < -0.4 is 4.90 Å². The molecule has 0 N–H and O–H groups in total. The molecule has 0 bridgehead atoms. The van der Waals surface area contributed by atoms with Gasteiger partial charge >= 0.3 is 5.97 Å². The van der Waals surface area contributed by atoms with Crippen LogP contribution in [0.5, 0.6) is 0 Å². The van der Waals surface area contributed by atoms with Crippen LogP contribution in [0, 0.1) is 11.8 Å². The van der Waals surface area contributed by atoms with Gasteiger partial charge in [0.25, 0.3) is 0 Å². The molecule has 1 saturated carbocycles. The van der Waals surface area contributed by atoms with Crippen molar-refractivity contribution in [3.63, 3.8) is 0 Å². The molecule has 32 heavy (non-hydrogen) atoms. The summed E-state index contributed by atoms with van der Waals surface area (Å²) in [7, 11) is 0. The first-order chi connectivity index (χ1) is 15.6. The lowest BCUT2D eigenvalue weighted by molar-refractivity contribution is -0.124. The lowest BCUT2D eigenvalue weighted by atomic mass is 9.82. The summed E-state index contributed by atoms with van der Waals surface area (Å²) in [5.41, 5.74) is 1.16. The first-order valence-corrected chi connectivity index (χ1v) is 11.8. The van der Waals surface area contributed by atoms with Crippen LogP contribution in [0.3, 0.4) is 0 Å². The number of nitrogens with zero attached hydrogens (tertiary/aromatic N) is 3. The van der Waals surface area contributed by atoms with Crippen molar-refractivity contribution in [1.29, 1.82) is 0 Å². The molecule has 1 aromatic carbocycles. The number of rotatable bonds is 6. The smallest absolute Gasteiger partial charge is 0.343 e. The molecule has 0 spiro atoms. The van der Waals surface area contributed by atoms with Gasteiger partial charge in [-0.25, -0.2) is 9.48 Å². The summed E-state index contributed by atoms with van der Waals surface area (Å²) in [6.07, 6.45) is 7.03. The van der Waals surface area contributed by atoms with Crippen LogP contribution >= 0.6 is 0 Å². The fourth-order valence-electron chi connectivity index (χ4n) is 4.71. The number of carbonyl (C=O) groups excluding carboxylic acids is 2. The third-order valence-corrected chi connectivity index (χ3v) is 6.60. The van der Waals surface area contributed by atoms with Gasteiger partial charge in [0.05, 0.1) is 12.3 Å². The highest BCUT2D eigenvalue weighted by atomic mass is 16.5. The molecule has 1 saturated heterocycles. The standard InChI is InChI=1S/C25H33N3O4/c1-3-32-25(30)22-17-27(20-7-5-4-6-8-20)26-23(22)28(21-13-15-31-16-14-21)24(29)19-11-9-18(2)10-12-19/h4-8,17-19,21H,3,9-16H2,1-2H3/t18-,19-. The second-order valence-corrected chi connectivity index (χ2v) is 8.88. The number of ether oxygens (including phenoxy) is 2. The van der Waals surface area contributed by atoms with E-state index in [4.69, 9.17) is 14.6 Å². The molecule has 0 atom stereocenters. The van der Waals surface area contributed by atoms with E-state index in [0.29, 0.717) is 30.5 Å². The molecule has 1 amide bonds. The van der Waals surface area contributed by atoms with Gasteiger partial charge in [0, 0.05) is 31.4 Å². The minimum absolute atomic E-state index is 0.0361. The molecule has 2 heterocycles. The second kappa shape index (κ2) is 10.3. The van der Waals surface area contributed by atoms with Crippen molar-refractivity contribution < 1.29 is 19.1 Å². The van der Waals surface area contributed by atoms with Crippen LogP contribution in [0.25, 0.3) is 5.69 Å². The number of amides is 1.